The van der Waals surface area contributed by atoms with E-state index in [-0.39, 0.29) is 6.04 Å². The third-order valence-electron chi connectivity index (χ3n) is 1.98. The smallest absolute Gasteiger partial charge is 0.0477 e. The number of nitrogens with one attached hydrogen (secondary N) is 1. The quantitative estimate of drug-likeness (QED) is 0.358. The monoisotopic (exact) mass is 165 g/mol. The molecule has 0 spiro atoms. The van der Waals surface area contributed by atoms with Gasteiger partial charge in [-0.2, -0.15) is 0 Å². The predicted octanol–water partition coefficient (Wildman–Crippen LogP) is 1.18. The van der Waals surface area contributed by atoms with E-state index in [9.17, 15) is 0 Å². The molecular formula is C9H15N3. The molecule has 0 radical (unpaired) electrons. The third kappa shape index (κ3) is 1.75. The van der Waals surface area contributed by atoms with E-state index in [1.807, 2.05) is 24.3 Å². The Morgan fingerprint density at radius 1 is 1.42 bits per heavy atom. The van der Waals surface area contributed by atoms with E-state index in [4.69, 9.17) is 11.6 Å². The van der Waals surface area contributed by atoms with Crippen molar-refractivity contribution < 1.29 is 0 Å². The fourth-order valence-corrected chi connectivity index (χ4v) is 1.26. The molecule has 0 saturated heterocycles. The molecular weight excluding hydrogens is 150 g/mol. The summed E-state index contributed by atoms with van der Waals surface area (Å²) in [6.45, 7) is 2.07. The van der Waals surface area contributed by atoms with E-state index in [1.165, 1.54) is 0 Å². The van der Waals surface area contributed by atoms with E-state index < -0.39 is 0 Å². The molecule has 0 saturated carbocycles. The fraction of sp³-hybridized carbons (Fsp3) is 0.333. The molecule has 0 aliphatic carbocycles. The maximum atomic E-state index is 5.78. The molecule has 0 amide bonds. The average Bonchev–Trinajstić information content (AvgIpc) is 2.10. The first-order chi connectivity index (χ1) is 5.79. The van der Waals surface area contributed by atoms with Crippen molar-refractivity contribution in [1.29, 1.82) is 0 Å². The first-order valence-corrected chi connectivity index (χ1v) is 4.10. The number of para-hydroxylation sites is 1. The molecule has 1 rings (SSSR count). The van der Waals surface area contributed by atoms with Crippen LogP contribution < -0.4 is 17.0 Å². The number of hydrogen-bond acceptors (Lipinski definition) is 3. The molecule has 0 bridgehead atoms. The SMILES string of the molecule is CCC(NN)c1ccccc1N. The highest BCUT2D eigenvalue weighted by atomic mass is 15.2. The van der Waals surface area contributed by atoms with Crippen molar-refractivity contribution in [3.63, 3.8) is 0 Å². The summed E-state index contributed by atoms with van der Waals surface area (Å²) < 4.78 is 0. The number of nitrogen functional groups attached to an aromatic ring is 1. The minimum Gasteiger partial charge on any atom is -0.398 e. The van der Waals surface area contributed by atoms with Gasteiger partial charge in [0.25, 0.3) is 0 Å². The van der Waals surface area contributed by atoms with Gasteiger partial charge in [0.1, 0.15) is 0 Å². The van der Waals surface area contributed by atoms with Crippen LogP contribution in [0.2, 0.25) is 0 Å². The zero-order chi connectivity index (χ0) is 8.97. The van der Waals surface area contributed by atoms with Crippen LogP contribution in [-0.2, 0) is 0 Å². The fourth-order valence-electron chi connectivity index (χ4n) is 1.26. The summed E-state index contributed by atoms with van der Waals surface area (Å²) in [5, 5.41) is 0. The van der Waals surface area contributed by atoms with Gasteiger partial charge in [0.15, 0.2) is 0 Å². The number of nitrogens with two attached hydrogens (primary N) is 2. The van der Waals surface area contributed by atoms with Gasteiger partial charge < -0.3 is 5.73 Å². The Labute approximate surface area is 72.7 Å². The summed E-state index contributed by atoms with van der Waals surface area (Å²) in [5.41, 5.74) is 10.4. The minimum atomic E-state index is 0.159. The third-order valence-corrected chi connectivity index (χ3v) is 1.98. The lowest BCUT2D eigenvalue weighted by Crippen LogP contribution is -2.27. The van der Waals surface area contributed by atoms with Crippen molar-refractivity contribution >= 4 is 5.69 Å². The van der Waals surface area contributed by atoms with Gasteiger partial charge in [-0.05, 0) is 18.1 Å². The van der Waals surface area contributed by atoms with Gasteiger partial charge in [-0.25, -0.2) is 0 Å². The van der Waals surface area contributed by atoms with Crippen molar-refractivity contribution in [3.8, 4) is 0 Å². The molecule has 66 valence electrons. The summed E-state index contributed by atoms with van der Waals surface area (Å²) in [5.74, 6) is 5.38. The molecule has 1 atom stereocenters. The van der Waals surface area contributed by atoms with E-state index in [0.717, 1.165) is 17.7 Å². The largest absolute Gasteiger partial charge is 0.398 e. The van der Waals surface area contributed by atoms with Crippen molar-refractivity contribution in [2.75, 3.05) is 5.73 Å². The van der Waals surface area contributed by atoms with Gasteiger partial charge in [-0.15, -0.1) is 0 Å². The Morgan fingerprint density at radius 2 is 2.08 bits per heavy atom. The molecule has 1 unspecified atom stereocenters. The normalized spacial score (nSPS) is 12.8. The van der Waals surface area contributed by atoms with Gasteiger partial charge in [0.05, 0.1) is 0 Å². The minimum absolute atomic E-state index is 0.159. The molecule has 0 aliphatic heterocycles. The van der Waals surface area contributed by atoms with Crippen molar-refractivity contribution in [2.45, 2.75) is 19.4 Å². The first kappa shape index (κ1) is 9.03. The van der Waals surface area contributed by atoms with Crippen LogP contribution in [0.1, 0.15) is 24.9 Å². The Hall–Kier alpha value is -1.06. The molecule has 0 heterocycles. The van der Waals surface area contributed by atoms with Crippen molar-refractivity contribution in [1.82, 2.24) is 5.43 Å². The van der Waals surface area contributed by atoms with Gasteiger partial charge in [0.2, 0.25) is 0 Å². The van der Waals surface area contributed by atoms with Crippen LogP contribution in [0.4, 0.5) is 5.69 Å². The number of hydrogen-bond donors (Lipinski definition) is 3. The molecule has 3 heteroatoms. The molecule has 12 heavy (non-hydrogen) atoms. The Kier molecular flexibility index (Phi) is 3.08. The maximum absolute atomic E-state index is 5.78. The summed E-state index contributed by atoms with van der Waals surface area (Å²) in [6, 6.07) is 7.91. The summed E-state index contributed by atoms with van der Waals surface area (Å²) in [7, 11) is 0. The summed E-state index contributed by atoms with van der Waals surface area (Å²) in [6.07, 6.45) is 0.935. The molecule has 1 aromatic rings. The van der Waals surface area contributed by atoms with Crippen LogP contribution in [0, 0.1) is 0 Å². The molecule has 0 aliphatic rings. The predicted molar refractivity (Wildman–Crippen MR) is 51.2 cm³/mol. The van der Waals surface area contributed by atoms with E-state index in [1.54, 1.807) is 0 Å². The van der Waals surface area contributed by atoms with Crippen LogP contribution in [-0.4, -0.2) is 0 Å². The summed E-state index contributed by atoms with van der Waals surface area (Å²) in [4.78, 5) is 0. The molecule has 0 aromatic heterocycles. The van der Waals surface area contributed by atoms with Gasteiger partial charge in [0, 0.05) is 11.7 Å². The lowest BCUT2D eigenvalue weighted by Gasteiger charge is -2.15. The Balaban J connectivity index is 2.92. The van der Waals surface area contributed by atoms with Gasteiger partial charge in [-0.1, -0.05) is 25.1 Å². The van der Waals surface area contributed by atoms with E-state index in [0.29, 0.717) is 0 Å². The second-order valence-electron chi connectivity index (χ2n) is 2.76. The van der Waals surface area contributed by atoms with Crippen LogP contribution in [0.5, 0.6) is 0 Å². The van der Waals surface area contributed by atoms with Gasteiger partial charge >= 0.3 is 0 Å². The van der Waals surface area contributed by atoms with Crippen LogP contribution in [0.25, 0.3) is 0 Å². The lowest BCUT2D eigenvalue weighted by molar-refractivity contribution is 0.540. The number of anilines is 1. The van der Waals surface area contributed by atoms with Crippen LogP contribution in [0.15, 0.2) is 24.3 Å². The van der Waals surface area contributed by atoms with Gasteiger partial charge in [-0.3, -0.25) is 11.3 Å². The van der Waals surface area contributed by atoms with Crippen molar-refractivity contribution in [3.05, 3.63) is 29.8 Å². The highest BCUT2D eigenvalue weighted by molar-refractivity contribution is 5.48. The average molecular weight is 165 g/mol. The van der Waals surface area contributed by atoms with E-state index >= 15 is 0 Å². The molecule has 5 N–H and O–H groups in total. The topological polar surface area (TPSA) is 64.1 Å². The summed E-state index contributed by atoms with van der Waals surface area (Å²) >= 11 is 0. The highest BCUT2D eigenvalue weighted by Crippen LogP contribution is 2.21. The Bertz CT molecular complexity index is 243. The highest BCUT2D eigenvalue weighted by Gasteiger charge is 2.08. The number of rotatable bonds is 3. The number of benzene rings is 1. The van der Waals surface area contributed by atoms with Crippen LogP contribution in [0.3, 0.4) is 0 Å². The van der Waals surface area contributed by atoms with Crippen LogP contribution >= 0.6 is 0 Å². The zero-order valence-corrected chi connectivity index (χ0v) is 7.25. The first-order valence-electron chi connectivity index (χ1n) is 4.10. The molecule has 0 fully saturated rings. The maximum Gasteiger partial charge on any atom is 0.0477 e. The number of hydrazine groups is 1. The molecule has 3 nitrogen and oxygen atoms in total. The zero-order valence-electron chi connectivity index (χ0n) is 7.25. The lowest BCUT2D eigenvalue weighted by atomic mass is 10.0. The Morgan fingerprint density at radius 3 is 2.58 bits per heavy atom. The van der Waals surface area contributed by atoms with Crippen molar-refractivity contribution in [2.24, 2.45) is 5.84 Å². The molecule has 1 aromatic carbocycles. The van der Waals surface area contributed by atoms with E-state index in [2.05, 4.69) is 12.3 Å². The second-order valence-corrected chi connectivity index (χ2v) is 2.76. The standard InChI is InChI=1S/C9H15N3/c1-2-9(12-11)7-5-3-4-6-8(7)10/h3-6,9,12H,2,10-11H2,1H3. The second kappa shape index (κ2) is 4.09.